The highest BCUT2D eigenvalue weighted by molar-refractivity contribution is 7.89. The van der Waals surface area contributed by atoms with Crippen molar-refractivity contribution in [2.24, 2.45) is 0 Å². The average Bonchev–Trinajstić information content (AvgIpc) is 3.12. The number of hydrogen-bond donors (Lipinski definition) is 1. The van der Waals surface area contributed by atoms with Gasteiger partial charge in [0.15, 0.2) is 0 Å². The maximum absolute atomic E-state index is 13.1. The maximum atomic E-state index is 13.1. The van der Waals surface area contributed by atoms with Gasteiger partial charge in [0.05, 0.1) is 12.0 Å². The van der Waals surface area contributed by atoms with Crippen molar-refractivity contribution in [1.82, 2.24) is 4.31 Å². The van der Waals surface area contributed by atoms with Crippen LogP contribution < -0.4 is 10.1 Å². The van der Waals surface area contributed by atoms with Crippen molar-refractivity contribution in [3.8, 4) is 5.75 Å². The van der Waals surface area contributed by atoms with Crippen molar-refractivity contribution >= 4 is 21.6 Å². The third kappa shape index (κ3) is 3.88. The second kappa shape index (κ2) is 7.89. The number of benzene rings is 2. The number of hydrogen-bond acceptors (Lipinski definition) is 4. The van der Waals surface area contributed by atoms with E-state index in [0.29, 0.717) is 18.5 Å². The number of rotatable bonds is 5. The van der Waals surface area contributed by atoms with Crippen molar-refractivity contribution in [1.29, 1.82) is 0 Å². The van der Waals surface area contributed by atoms with Crippen LogP contribution in [-0.2, 0) is 14.8 Å². The summed E-state index contributed by atoms with van der Waals surface area (Å²) in [5.74, 6) is -0.147. The number of anilines is 1. The molecule has 1 N–H and O–H groups in total. The van der Waals surface area contributed by atoms with Crippen LogP contribution in [0.1, 0.15) is 24.0 Å². The molecule has 1 aliphatic heterocycles. The molecule has 28 heavy (non-hydrogen) atoms. The van der Waals surface area contributed by atoms with Crippen LogP contribution in [0, 0.1) is 19.7 Å². The first kappa shape index (κ1) is 20.3. The first-order chi connectivity index (χ1) is 13.2. The molecule has 1 aliphatic rings. The summed E-state index contributed by atoms with van der Waals surface area (Å²) in [6.07, 6.45) is 1.01. The van der Waals surface area contributed by atoms with E-state index >= 15 is 0 Å². The first-order valence-electron chi connectivity index (χ1n) is 8.97. The lowest BCUT2D eigenvalue weighted by Gasteiger charge is -2.23. The number of carbonyl (C=O) groups excluding carboxylic acids is 1. The van der Waals surface area contributed by atoms with Gasteiger partial charge in [0.25, 0.3) is 0 Å². The molecule has 0 radical (unpaired) electrons. The number of nitrogens with zero attached hydrogens (tertiary/aromatic N) is 1. The Morgan fingerprint density at radius 1 is 1.18 bits per heavy atom. The van der Waals surface area contributed by atoms with Crippen LogP contribution in [0.2, 0.25) is 0 Å². The van der Waals surface area contributed by atoms with Gasteiger partial charge in [-0.1, -0.05) is 0 Å². The summed E-state index contributed by atoms with van der Waals surface area (Å²) in [4.78, 5) is 12.8. The Bertz CT molecular complexity index is 967. The van der Waals surface area contributed by atoms with Crippen molar-refractivity contribution in [2.45, 2.75) is 37.6 Å². The Hall–Kier alpha value is -2.45. The largest absolute Gasteiger partial charge is 0.496 e. The molecule has 1 amide bonds. The fourth-order valence-corrected chi connectivity index (χ4v) is 5.26. The minimum absolute atomic E-state index is 0.0234. The smallest absolute Gasteiger partial charge is 0.243 e. The van der Waals surface area contributed by atoms with Crippen LogP contribution in [-0.4, -0.2) is 38.3 Å². The Labute approximate surface area is 164 Å². The van der Waals surface area contributed by atoms with Crippen LogP contribution in [0.5, 0.6) is 5.75 Å². The summed E-state index contributed by atoms with van der Waals surface area (Å²) in [5, 5.41) is 2.82. The number of amides is 1. The molecule has 0 spiro atoms. The monoisotopic (exact) mass is 406 g/mol. The topological polar surface area (TPSA) is 75.7 Å². The van der Waals surface area contributed by atoms with Crippen molar-refractivity contribution < 1.29 is 22.3 Å². The van der Waals surface area contributed by atoms with E-state index in [1.807, 2.05) is 13.8 Å². The molecule has 3 rings (SSSR count). The minimum Gasteiger partial charge on any atom is -0.496 e. The van der Waals surface area contributed by atoms with Gasteiger partial charge in [-0.15, -0.1) is 0 Å². The molecule has 1 heterocycles. The predicted octanol–water partition coefficient (Wildman–Crippen LogP) is 3.24. The average molecular weight is 406 g/mol. The Morgan fingerprint density at radius 3 is 2.36 bits per heavy atom. The number of nitrogens with one attached hydrogen (secondary N) is 1. The summed E-state index contributed by atoms with van der Waals surface area (Å²) in [7, 11) is -2.30. The molecule has 8 heteroatoms. The highest BCUT2D eigenvalue weighted by atomic mass is 32.2. The van der Waals surface area contributed by atoms with Gasteiger partial charge in [-0.3, -0.25) is 4.79 Å². The standard InChI is InChI=1S/C20H23FN2O4S/c1-13-11-16(12-14(2)19(13)27-3)22-20(24)18-5-4-10-23(18)28(25,26)17-8-6-15(21)7-9-17/h6-9,11-12,18H,4-5,10H2,1-3H3,(H,22,24)/t18-/m1/s1. The van der Waals surface area contributed by atoms with Gasteiger partial charge in [-0.05, 0) is 74.2 Å². The van der Waals surface area contributed by atoms with Crippen LogP contribution in [0.25, 0.3) is 0 Å². The number of sulfonamides is 1. The van der Waals surface area contributed by atoms with Crippen molar-refractivity contribution in [2.75, 3.05) is 19.0 Å². The number of ether oxygens (including phenoxy) is 1. The summed E-state index contributed by atoms with van der Waals surface area (Å²) in [6, 6.07) is 7.40. The van der Waals surface area contributed by atoms with Crippen molar-refractivity contribution in [3.05, 3.63) is 53.3 Å². The Balaban J connectivity index is 1.83. The highest BCUT2D eigenvalue weighted by Crippen LogP contribution is 2.29. The molecule has 150 valence electrons. The third-order valence-electron chi connectivity index (χ3n) is 4.86. The summed E-state index contributed by atoms with van der Waals surface area (Å²) in [6.45, 7) is 4.00. The molecule has 0 bridgehead atoms. The maximum Gasteiger partial charge on any atom is 0.243 e. The SMILES string of the molecule is COc1c(C)cc(NC(=O)[C@H]2CCCN2S(=O)(=O)c2ccc(F)cc2)cc1C. The highest BCUT2D eigenvalue weighted by Gasteiger charge is 2.39. The molecule has 1 atom stereocenters. The fraction of sp³-hybridized carbons (Fsp3) is 0.350. The zero-order valence-corrected chi connectivity index (χ0v) is 16.8. The van der Waals surface area contributed by atoms with Gasteiger partial charge in [0, 0.05) is 12.2 Å². The van der Waals surface area contributed by atoms with Crippen LogP contribution in [0.4, 0.5) is 10.1 Å². The molecular weight excluding hydrogens is 383 g/mol. The van der Waals surface area contributed by atoms with E-state index in [2.05, 4.69) is 5.32 Å². The Morgan fingerprint density at radius 2 is 1.79 bits per heavy atom. The molecule has 6 nitrogen and oxygen atoms in total. The summed E-state index contributed by atoms with van der Waals surface area (Å²) >= 11 is 0. The Kier molecular flexibility index (Phi) is 5.71. The van der Waals surface area contributed by atoms with E-state index in [9.17, 15) is 17.6 Å². The number of halogens is 1. The van der Waals surface area contributed by atoms with Crippen LogP contribution >= 0.6 is 0 Å². The number of aryl methyl sites for hydroxylation is 2. The molecule has 0 aliphatic carbocycles. The minimum atomic E-state index is -3.88. The van der Waals surface area contributed by atoms with Crippen LogP contribution in [0.3, 0.4) is 0 Å². The van der Waals surface area contributed by atoms with Gasteiger partial charge < -0.3 is 10.1 Å². The lowest BCUT2D eigenvalue weighted by atomic mass is 10.1. The molecule has 2 aromatic carbocycles. The number of methoxy groups -OCH3 is 1. The van der Waals surface area contributed by atoms with Gasteiger partial charge in [0.2, 0.25) is 15.9 Å². The molecule has 0 saturated carbocycles. The molecular formula is C20H23FN2O4S. The zero-order valence-electron chi connectivity index (χ0n) is 16.0. The number of carbonyl (C=O) groups is 1. The second-order valence-electron chi connectivity index (χ2n) is 6.86. The second-order valence-corrected chi connectivity index (χ2v) is 8.75. The molecule has 1 fully saturated rings. The van der Waals surface area contributed by atoms with E-state index in [-0.39, 0.29) is 17.3 Å². The fourth-order valence-electron chi connectivity index (χ4n) is 3.60. The van der Waals surface area contributed by atoms with E-state index in [0.717, 1.165) is 29.0 Å². The zero-order chi connectivity index (χ0) is 20.5. The predicted molar refractivity (Wildman–Crippen MR) is 104 cm³/mol. The molecule has 2 aromatic rings. The van der Waals surface area contributed by atoms with E-state index in [1.54, 1.807) is 19.2 Å². The molecule has 0 unspecified atom stereocenters. The molecule has 1 saturated heterocycles. The summed E-state index contributed by atoms with van der Waals surface area (Å²) < 4.78 is 45.5. The van der Waals surface area contributed by atoms with E-state index in [4.69, 9.17) is 4.74 Å². The van der Waals surface area contributed by atoms with Gasteiger partial charge in [0.1, 0.15) is 17.6 Å². The quantitative estimate of drug-likeness (QED) is 0.827. The van der Waals surface area contributed by atoms with Gasteiger partial charge in [-0.2, -0.15) is 4.31 Å². The van der Waals surface area contributed by atoms with E-state index in [1.165, 1.54) is 16.4 Å². The summed E-state index contributed by atoms with van der Waals surface area (Å²) in [5.41, 5.74) is 2.34. The third-order valence-corrected chi connectivity index (χ3v) is 6.78. The normalized spacial score (nSPS) is 17.5. The lowest BCUT2D eigenvalue weighted by molar-refractivity contribution is -0.119. The first-order valence-corrected chi connectivity index (χ1v) is 10.4. The van der Waals surface area contributed by atoms with Crippen LogP contribution in [0.15, 0.2) is 41.3 Å². The molecule has 0 aromatic heterocycles. The lowest BCUT2D eigenvalue weighted by Crippen LogP contribution is -2.43. The van der Waals surface area contributed by atoms with Gasteiger partial charge >= 0.3 is 0 Å². The van der Waals surface area contributed by atoms with E-state index < -0.39 is 21.9 Å². The van der Waals surface area contributed by atoms with Gasteiger partial charge in [-0.25, -0.2) is 12.8 Å². The van der Waals surface area contributed by atoms with Crippen molar-refractivity contribution in [3.63, 3.8) is 0 Å².